The number of rotatable bonds is 3. The van der Waals surface area contributed by atoms with Crippen molar-refractivity contribution in [1.29, 1.82) is 0 Å². The van der Waals surface area contributed by atoms with Crippen LogP contribution >= 0.6 is 12.6 Å². The Morgan fingerprint density at radius 1 is 1.67 bits per heavy atom. The average Bonchev–Trinajstić information content (AvgIpc) is 1.87. The molecule has 0 N–H and O–H groups in total. The molecule has 0 saturated carbocycles. The minimum absolute atomic E-state index is 0.557. The van der Waals surface area contributed by atoms with E-state index in [-0.39, 0.29) is 0 Å². The summed E-state index contributed by atoms with van der Waals surface area (Å²) < 4.78 is 0. The van der Waals surface area contributed by atoms with Crippen LogP contribution in [0.15, 0.2) is 11.6 Å². The zero-order chi connectivity index (χ0) is 7.28. The third-order valence-corrected chi connectivity index (χ3v) is 2.07. The van der Waals surface area contributed by atoms with Crippen LogP contribution in [-0.4, -0.2) is 5.25 Å². The minimum atomic E-state index is 0.557. The van der Waals surface area contributed by atoms with E-state index in [1.54, 1.807) is 0 Å². The molecular weight excluding hydrogens is 128 g/mol. The molecule has 0 amide bonds. The third-order valence-electron chi connectivity index (χ3n) is 1.52. The molecule has 0 nitrogen and oxygen atoms in total. The molecule has 0 saturated heterocycles. The summed E-state index contributed by atoms with van der Waals surface area (Å²) in [6.45, 7) is 6.39. The normalized spacial score (nSPS) is 15.8. The van der Waals surface area contributed by atoms with Crippen molar-refractivity contribution in [2.75, 3.05) is 0 Å². The SMILES string of the molecule is C/C=C(/C)CC(S)CC. The summed E-state index contributed by atoms with van der Waals surface area (Å²) in [5, 5.41) is 0.557. The Bertz CT molecular complexity index is 94.7. The van der Waals surface area contributed by atoms with E-state index in [2.05, 4.69) is 39.5 Å². The Kier molecular flexibility index (Phi) is 4.97. The Morgan fingerprint density at radius 3 is 2.56 bits per heavy atom. The minimum Gasteiger partial charge on any atom is -0.176 e. The van der Waals surface area contributed by atoms with E-state index >= 15 is 0 Å². The van der Waals surface area contributed by atoms with Gasteiger partial charge in [-0.05, 0) is 26.7 Å². The molecule has 0 aliphatic rings. The Morgan fingerprint density at radius 2 is 2.22 bits per heavy atom. The zero-order valence-corrected chi connectivity index (χ0v) is 7.41. The molecule has 0 fully saturated rings. The molecule has 1 heteroatoms. The van der Waals surface area contributed by atoms with Crippen molar-refractivity contribution in [3.63, 3.8) is 0 Å². The molecule has 9 heavy (non-hydrogen) atoms. The Balaban J connectivity index is 3.47. The molecule has 54 valence electrons. The Labute approximate surface area is 63.8 Å². The molecule has 0 bridgehead atoms. The van der Waals surface area contributed by atoms with Crippen LogP contribution in [0.1, 0.15) is 33.6 Å². The topological polar surface area (TPSA) is 0 Å². The molecule has 0 spiro atoms. The first-order chi connectivity index (χ1) is 4.20. The Hall–Kier alpha value is 0.0900. The largest absolute Gasteiger partial charge is 0.176 e. The van der Waals surface area contributed by atoms with Crippen LogP contribution in [0.3, 0.4) is 0 Å². The predicted molar refractivity (Wildman–Crippen MR) is 47.1 cm³/mol. The standard InChI is InChI=1S/C8H16S/c1-4-7(3)6-8(9)5-2/h4,8-9H,5-6H2,1-3H3/b7-4-. The maximum atomic E-state index is 4.38. The summed E-state index contributed by atoms with van der Waals surface area (Å²) in [5.74, 6) is 0. The van der Waals surface area contributed by atoms with Crippen molar-refractivity contribution in [3.8, 4) is 0 Å². The molecule has 0 aromatic carbocycles. The van der Waals surface area contributed by atoms with E-state index in [4.69, 9.17) is 0 Å². The summed E-state index contributed by atoms with van der Waals surface area (Å²) in [5.41, 5.74) is 1.44. The fourth-order valence-corrected chi connectivity index (χ4v) is 0.922. The van der Waals surface area contributed by atoms with E-state index in [0.29, 0.717) is 5.25 Å². The molecule has 0 aliphatic carbocycles. The van der Waals surface area contributed by atoms with Gasteiger partial charge in [-0.3, -0.25) is 0 Å². The van der Waals surface area contributed by atoms with Gasteiger partial charge in [-0.15, -0.1) is 0 Å². The van der Waals surface area contributed by atoms with Gasteiger partial charge in [0.05, 0.1) is 0 Å². The first kappa shape index (κ1) is 9.09. The van der Waals surface area contributed by atoms with Gasteiger partial charge in [0.25, 0.3) is 0 Å². The summed E-state index contributed by atoms with van der Waals surface area (Å²) >= 11 is 4.38. The van der Waals surface area contributed by atoms with E-state index in [1.807, 2.05) is 0 Å². The van der Waals surface area contributed by atoms with Crippen molar-refractivity contribution in [1.82, 2.24) is 0 Å². The second-order valence-corrected chi connectivity index (χ2v) is 3.13. The quantitative estimate of drug-likeness (QED) is 0.457. The number of hydrogen-bond donors (Lipinski definition) is 1. The van der Waals surface area contributed by atoms with Crippen LogP contribution in [0.4, 0.5) is 0 Å². The van der Waals surface area contributed by atoms with Crippen molar-refractivity contribution < 1.29 is 0 Å². The molecule has 1 unspecified atom stereocenters. The smallest absolute Gasteiger partial charge is 0.00512 e. The summed E-state index contributed by atoms with van der Waals surface area (Å²) in [6.07, 6.45) is 4.45. The maximum Gasteiger partial charge on any atom is 0.00512 e. The predicted octanol–water partition coefficient (Wildman–Crippen LogP) is 3.05. The number of thiol groups is 1. The molecule has 0 rings (SSSR count). The van der Waals surface area contributed by atoms with Crippen LogP contribution in [-0.2, 0) is 0 Å². The highest BCUT2D eigenvalue weighted by Gasteiger charge is 1.98. The highest BCUT2D eigenvalue weighted by molar-refractivity contribution is 7.80. The van der Waals surface area contributed by atoms with E-state index < -0.39 is 0 Å². The lowest BCUT2D eigenvalue weighted by Gasteiger charge is -2.05. The van der Waals surface area contributed by atoms with Gasteiger partial charge in [-0.1, -0.05) is 18.6 Å². The fourth-order valence-electron chi connectivity index (χ4n) is 0.634. The molecule has 0 radical (unpaired) electrons. The van der Waals surface area contributed by atoms with Gasteiger partial charge in [-0.2, -0.15) is 12.6 Å². The summed E-state index contributed by atoms with van der Waals surface area (Å²) in [4.78, 5) is 0. The maximum absolute atomic E-state index is 4.38. The van der Waals surface area contributed by atoms with Crippen LogP contribution in [0, 0.1) is 0 Å². The molecule has 0 aliphatic heterocycles. The van der Waals surface area contributed by atoms with E-state index in [0.717, 1.165) is 12.8 Å². The van der Waals surface area contributed by atoms with E-state index in [9.17, 15) is 0 Å². The molecular formula is C8H16S. The summed E-state index contributed by atoms with van der Waals surface area (Å²) in [7, 11) is 0. The van der Waals surface area contributed by atoms with E-state index in [1.165, 1.54) is 5.57 Å². The number of hydrogen-bond acceptors (Lipinski definition) is 1. The molecule has 0 aromatic heterocycles. The van der Waals surface area contributed by atoms with Gasteiger partial charge in [0, 0.05) is 5.25 Å². The molecule has 1 atom stereocenters. The molecule has 0 heterocycles. The molecule has 0 aromatic rings. The van der Waals surface area contributed by atoms with Gasteiger partial charge < -0.3 is 0 Å². The monoisotopic (exact) mass is 144 g/mol. The first-order valence-electron chi connectivity index (χ1n) is 3.50. The third kappa shape index (κ3) is 4.58. The highest BCUT2D eigenvalue weighted by Crippen LogP contribution is 2.11. The van der Waals surface area contributed by atoms with Crippen molar-refractivity contribution >= 4 is 12.6 Å². The van der Waals surface area contributed by atoms with Crippen LogP contribution in [0.25, 0.3) is 0 Å². The fraction of sp³-hybridized carbons (Fsp3) is 0.750. The van der Waals surface area contributed by atoms with Gasteiger partial charge in [0.1, 0.15) is 0 Å². The number of allylic oxidation sites excluding steroid dienone is 2. The van der Waals surface area contributed by atoms with Gasteiger partial charge >= 0.3 is 0 Å². The lowest BCUT2D eigenvalue weighted by atomic mass is 10.1. The van der Waals surface area contributed by atoms with Crippen molar-refractivity contribution in [2.45, 2.75) is 38.9 Å². The van der Waals surface area contributed by atoms with Gasteiger partial charge in [0.15, 0.2) is 0 Å². The second kappa shape index (κ2) is 4.92. The van der Waals surface area contributed by atoms with Crippen LogP contribution in [0.5, 0.6) is 0 Å². The van der Waals surface area contributed by atoms with Crippen LogP contribution in [0.2, 0.25) is 0 Å². The zero-order valence-electron chi connectivity index (χ0n) is 6.52. The average molecular weight is 144 g/mol. The van der Waals surface area contributed by atoms with Crippen molar-refractivity contribution in [2.24, 2.45) is 0 Å². The van der Waals surface area contributed by atoms with Crippen LogP contribution < -0.4 is 0 Å². The lowest BCUT2D eigenvalue weighted by molar-refractivity contribution is 0.812. The van der Waals surface area contributed by atoms with Gasteiger partial charge in [0.2, 0.25) is 0 Å². The van der Waals surface area contributed by atoms with Crippen molar-refractivity contribution in [3.05, 3.63) is 11.6 Å². The highest BCUT2D eigenvalue weighted by atomic mass is 32.1. The second-order valence-electron chi connectivity index (χ2n) is 2.40. The lowest BCUT2D eigenvalue weighted by Crippen LogP contribution is -1.95. The van der Waals surface area contributed by atoms with Gasteiger partial charge in [-0.25, -0.2) is 0 Å². The first-order valence-corrected chi connectivity index (χ1v) is 4.02. The summed E-state index contributed by atoms with van der Waals surface area (Å²) in [6, 6.07) is 0.